The monoisotopic (exact) mass is 333 g/mol. The van der Waals surface area contributed by atoms with Gasteiger partial charge in [0.15, 0.2) is 11.2 Å². The molecule has 24 heavy (non-hydrogen) atoms. The Bertz CT molecular complexity index is 963. The summed E-state index contributed by atoms with van der Waals surface area (Å²) in [5.74, 6) is 0.305. The van der Waals surface area contributed by atoms with Crippen molar-refractivity contribution in [2.45, 2.75) is 25.7 Å². The lowest BCUT2D eigenvalue weighted by Gasteiger charge is -2.65. The van der Waals surface area contributed by atoms with Gasteiger partial charge in [0.25, 0.3) is 5.56 Å². The van der Waals surface area contributed by atoms with E-state index in [0.29, 0.717) is 17.1 Å². The van der Waals surface area contributed by atoms with Crippen LogP contribution in [0.1, 0.15) is 12.8 Å². The summed E-state index contributed by atoms with van der Waals surface area (Å²) in [4.78, 5) is 41.1. The minimum atomic E-state index is -0.481. The largest absolute Gasteiger partial charge is 0.359 e. The Morgan fingerprint density at radius 2 is 2.12 bits per heavy atom. The summed E-state index contributed by atoms with van der Waals surface area (Å²) in [6.07, 6.45) is 2.89. The van der Waals surface area contributed by atoms with Crippen LogP contribution in [-0.2, 0) is 30.4 Å². The van der Waals surface area contributed by atoms with Gasteiger partial charge in [-0.2, -0.15) is 0 Å². The van der Waals surface area contributed by atoms with Crippen molar-refractivity contribution in [2.75, 3.05) is 7.05 Å². The molecule has 0 saturated heterocycles. The Labute approximate surface area is 136 Å². The quantitative estimate of drug-likeness (QED) is 0.768. The van der Waals surface area contributed by atoms with Crippen molar-refractivity contribution in [1.29, 1.82) is 0 Å². The van der Waals surface area contributed by atoms with E-state index < -0.39 is 16.7 Å². The summed E-state index contributed by atoms with van der Waals surface area (Å²) in [7, 11) is 4.88. The number of nitrogens with zero attached hydrogens (tertiary/aromatic N) is 4. The van der Waals surface area contributed by atoms with E-state index in [9.17, 15) is 14.4 Å². The van der Waals surface area contributed by atoms with E-state index in [1.807, 2.05) is 0 Å². The van der Waals surface area contributed by atoms with Crippen molar-refractivity contribution in [3.63, 3.8) is 0 Å². The Kier molecular flexibility index (Phi) is 3.02. The minimum Gasteiger partial charge on any atom is -0.359 e. The lowest BCUT2D eigenvalue weighted by atomic mass is 9.41. The second-order valence-corrected chi connectivity index (χ2v) is 6.72. The van der Waals surface area contributed by atoms with Crippen LogP contribution < -0.4 is 16.6 Å². The smallest absolute Gasteiger partial charge is 0.334 e. The number of ether oxygens (including phenoxy) is 1. The summed E-state index contributed by atoms with van der Waals surface area (Å²) in [6, 6.07) is 0. The van der Waals surface area contributed by atoms with Crippen molar-refractivity contribution in [3.8, 4) is 0 Å². The molecule has 3 fully saturated rings. The van der Waals surface area contributed by atoms with Crippen LogP contribution in [0.15, 0.2) is 15.9 Å². The van der Waals surface area contributed by atoms with Crippen LogP contribution in [0.2, 0.25) is 0 Å². The van der Waals surface area contributed by atoms with Crippen LogP contribution in [0.5, 0.6) is 0 Å². The molecule has 2 aromatic rings. The number of fused-ring (bicyclic) bond motifs is 1. The van der Waals surface area contributed by atoms with Gasteiger partial charge in [-0.05, 0) is 18.8 Å². The Hall–Kier alpha value is -2.42. The average Bonchev–Trinajstić information content (AvgIpc) is 2.88. The maximum absolute atomic E-state index is 12.6. The normalized spacial score (nSPS) is 27.6. The highest BCUT2D eigenvalue weighted by atomic mass is 16.5. The van der Waals surface area contributed by atoms with Crippen molar-refractivity contribution >= 4 is 17.1 Å². The fourth-order valence-corrected chi connectivity index (χ4v) is 3.98. The highest BCUT2D eigenvalue weighted by Crippen LogP contribution is 2.65. The van der Waals surface area contributed by atoms with Gasteiger partial charge in [0, 0.05) is 21.1 Å². The SMILES string of the molecule is CNC(=O)C12CC(C1)C2OCn1c(=O)c2c(ncn2C)n(C)c1=O. The molecule has 1 N–H and O–H groups in total. The van der Waals surface area contributed by atoms with Crippen LogP contribution >= 0.6 is 0 Å². The number of aromatic nitrogens is 4. The maximum Gasteiger partial charge on any atom is 0.334 e. The van der Waals surface area contributed by atoms with Gasteiger partial charge in [-0.1, -0.05) is 0 Å². The van der Waals surface area contributed by atoms with Crippen molar-refractivity contribution < 1.29 is 9.53 Å². The third kappa shape index (κ3) is 1.67. The third-order valence-corrected chi connectivity index (χ3v) is 5.49. The standard InChI is InChI=1S/C15H19N5O4/c1-16-13(22)15-4-8(5-15)10(15)24-7-20-12(21)9-11(17-6-18(9)2)19(3)14(20)23/h6,8,10H,4-5,7H2,1-3H3,(H,16,22). The number of hydrogen-bond acceptors (Lipinski definition) is 5. The van der Waals surface area contributed by atoms with E-state index in [2.05, 4.69) is 10.3 Å². The molecule has 0 spiro atoms. The number of carbonyl (C=O) groups excluding carboxylic acids is 1. The lowest BCUT2D eigenvalue weighted by molar-refractivity contribution is -0.260. The average molecular weight is 333 g/mol. The number of imidazole rings is 1. The molecule has 1 unspecified atom stereocenters. The summed E-state index contributed by atoms with van der Waals surface area (Å²) in [6.45, 7) is -0.160. The molecule has 2 heterocycles. The number of rotatable bonds is 4. The van der Waals surface area contributed by atoms with Gasteiger partial charge >= 0.3 is 5.69 Å². The first kappa shape index (κ1) is 15.1. The Morgan fingerprint density at radius 1 is 1.42 bits per heavy atom. The number of amides is 1. The maximum atomic E-state index is 12.6. The topological polar surface area (TPSA) is 100 Å². The molecule has 2 aromatic heterocycles. The molecule has 128 valence electrons. The third-order valence-electron chi connectivity index (χ3n) is 5.49. The molecular weight excluding hydrogens is 314 g/mol. The Morgan fingerprint density at radius 3 is 2.71 bits per heavy atom. The zero-order valence-corrected chi connectivity index (χ0v) is 13.8. The number of carbonyl (C=O) groups is 1. The van der Waals surface area contributed by atoms with E-state index in [1.54, 1.807) is 25.7 Å². The van der Waals surface area contributed by atoms with Crippen LogP contribution in [0.4, 0.5) is 0 Å². The predicted octanol–water partition coefficient (Wildman–Crippen LogP) is -1.07. The molecule has 0 aliphatic heterocycles. The summed E-state index contributed by atoms with van der Waals surface area (Å²) in [5.41, 5.74) is -0.703. The molecule has 9 heteroatoms. The summed E-state index contributed by atoms with van der Waals surface area (Å²) in [5, 5.41) is 2.67. The molecule has 1 atom stereocenters. The summed E-state index contributed by atoms with van der Waals surface area (Å²) >= 11 is 0. The van der Waals surface area contributed by atoms with E-state index in [4.69, 9.17) is 4.74 Å². The molecular formula is C15H19N5O4. The van der Waals surface area contributed by atoms with Gasteiger partial charge in [0.05, 0.1) is 17.8 Å². The van der Waals surface area contributed by atoms with Gasteiger partial charge in [-0.15, -0.1) is 0 Å². The van der Waals surface area contributed by atoms with Crippen LogP contribution in [-0.4, -0.2) is 37.7 Å². The molecule has 5 rings (SSSR count). The number of hydrogen-bond donors (Lipinski definition) is 1. The minimum absolute atomic E-state index is 0.0302. The van der Waals surface area contributed by atoms with Gasteiger partial charge in [0.1, 0.15) is 6.73 Å². The highest BCUT2D eigenvalue weighted by Gasteiger charge is 2.70. The molecule has 3 aliphatic rings. The van der Waals surface area contributed by atoms with E-state index in [1.165, 1.54) is 10.9 Å². The zero-order valence-electron chi connectivity index (χ0n) is 13.8. The van der Waals surface area contributed by atoms with Gasteiger partial charge in [-0.25, -0.2) is 14.3 Å². The highest BCUT2D eigenvalue weighted by molar-refractivity contribution is 5.86. The lowest BCUT2D eigenvalue weighted by Crippen LogP contribution is -2.72. The number of nitrogens with one attached hydrogen (secondary N) is 1. The first-order chi connectivity index (χ1) is 11.4. The van der Waals surface area contributed by atoms with Crippen molar-refractivity contribution in [1.82, 2.24) is 24.0 Å². The van der Waals surface area contributed by atoms with Crippen molar-refractivity contribution in [2.24, 2.45) is 25.4 Å². The zero-order chi connectivity index (χ0) is 17.2. The summed E-state index contributed by atoms with van der Waals surface area (Å²) < 4.78 is 9.76. The van der Waals surface area contributed by atoms with E-state index >= 15 is 0 Å². The van der Waals surface area contributed by atoms with E-state index in [0.717, 1.165) is 17.4 Å². The fourth-order valence-electron chi connectivity index (χ4n) is 3.98. The fraction of sp³-hybridized carbons (Fsp3) is 0.600. The van der Waals surface area contributed by atoms with Crippen molar-refractivity contribution in [3.05, 3.63) is 27.2 Å². The second-order valence-electron chi connectivity index (χ2n) is 6.72. The molecule has 2 bridgehead atoms. The molecule has 0 aromatic carbocycles. The molecule has 3 aliphatic carbocycles. The van der Waals surface area contributed by atoms with Crippen LogP contribution in [0, 0.1) is 11.3 Å². The van der Waals surface area contributed by atoms with Gasteiger partial charge in [0.2, 0.25) is 5.91 Å². The molecule has 3 saturated carbocycles. The predicted molar refractivity (Wildman–Crippen MR) is 84.3 cm³/mol. The first-order valence-corrected chi connectivity index (χ1v) is 7.85. The molecule has 0 radical (unpaired) electrons. The van der Waals surface area contributed by atoms with Gasteiger partial charge < -0.3 is 14.6 Å². The van der Waals surface area contributed by atoms with Gasteiger partial charge in [-0.3, -0.25) is 14.2 Å². The molecule has 9 nitrogen and oxygen atoms in total. The molecule has 1 amide bonds. The van der Waals surface area contributed by atoms with Crippen LogP contribution in [0.25, 0.3) is 11.2 Å². The first-order valence-electron chi connectivity index (χ1n) is 7.85. The second kappa shape index (κ2) is 4.79. The van der Waals surface area contributed by atoms with Crippen LogP contribution in [0.3, 0.4) is 0 Å². The van der Waals surface area contributed by atoms with E-state index in [-0.39, 0.29) is 18.7 Å². The number of aryl methyl sites for hydroxylation is 2. The Balaban J connectivity index is 1.65.